The summed E-state index contributed by atoms with van der Waals surface area (Å²) in [5.74, 6) is 0.00834. The molecule has 1 heterocycles. The molecule has 2 aromatic carbocycles. The molecule has 0 atom stereocenters. The average Bonchev–Trinajstić information content (AvgIpc) is 2.85. The number of rotatable bonds is 9. The molecule has 1 fully saturated rings. The van der Waals surface area contributed by atoms with Gasteiger partial charge in [0.15, 0.2) is 0 Å². The third kappa shape index (κ3) is 8.58. The second-order valence-electron chi connectivity index (χ2n) is 9.54. The fourth-order valence-electron chi connectivity index (χ4n) is 4.56. The number of carbonyl (C=O) groups is 1. The monoisotopic (exact) mass is 515 g/mol. The number of ether oxygens (including phenoxy) is 1. The number of anilines is 1. The molecule has 37 heavy (non-hydrogen) atoms. The highest BCUT2D eigenvalue weighted by molar-refractivity contribution is 5.92. The van der Waals surface area contributed by atoms with Gasteiger partial charge in [0.1, 0.15) is 11.4 Å². The number of halogens is 3. The summed E-state index contributed by atoms with van der Waals surface area (Å²) in [6.45, 7) is 8.17. The van der Waals surface area contributed by atoms with Crippen LogP contribution in [0.1, 0.15) is 57.1 Å². The molecule has 0 bridgehead atoms. The predicted octanol–water partition coefficient (Wildman–Crippen LogP) is 6.73. The number of allylic oxidation sites excluding steroid dienone is 2. The lowest BCUT2D eigenvalue weighted by atomic mass is 9.89. The van der Waals surface area contributed by atoms with Crippen molar-refractivity contribution in [3.05, 3.63) is 83.2 Å². The molecule has 1 saturated heterocycles. The maximum absolute atomic E-state index is 12.8. The van der Waals surface area contributed by atoms with E-state index in [1.807, 2.05) is 57.1 Å². The van der Waals surface area contributed by atoms with Crippen molar-refractivity contribution in [3.8, 4) is 5.75 Å². The van der Waals surface area contributed by atoms with Gasteiger partial charge in [0.25, 0.3) is 5.91 Å². The van der Waals surface area contributed by atoms with Crippen molar-refractivity contribution in [2.24, 2.45) is 0 Å². The quantitative estimate of drug-likeness (QED) is 0.376. The number of piperidine rings is 1. The van der Waals surface area contributed by atoms with E-state index in [2.05, 4.69) is 27.1 Å². The third-order valence-electron chi connectivity index (χ3n) is 6.30. The summed E-state index contributed by atoms with van der Waals surface area (Å²) in [6.07, 6.45) is 1.80. The Labute approximate surface area is 217 Å². The van der Waals surface area contributed by atoms with Gasteiger partial charge in [-0.25, -0.2) is 0 Å². The van der Waals surface area contributed by atoms with Crippen LogP contribution in [0.2, 0.25) is 0 Å². The molecule has 8 heteroatoms. The lowest BCUT2D eigenvalue weighted by Gasteiger charge is -2.34. The van der Waals surface area contributed by atoms with E-state index in [1.54, 1.807) is 12.1 Å². The standard InChI is InChI=1S/C29H36F3N3O2/c1-5-6-27(34(4)20-21(2)3)28(36)33-19-22-7-11-25(12-8-22)35-17-15-24(16-18-35)23-9-13-26(14-10-23)37-29(30,31)32/h6-14,20,24H,5,15-19H2,1-4H3,(H,33,36)/b27-6+. The molecule has 1 aliphatic heterocycles. The van der Waals surface area contributed by atoms with Gasteiger partial charge in [0.2, 0.25) is 0 Å². The Morgan fingerprint density at radius 2 is 1.70 bits per heavy atom. The first-order valence-electron chi connectivity index (χ1n) is 12.6. The molecular formula is C29H36F3N3O2. The van der Waals surface area contributed by atoms with Crippen molar-refractivity contribution in [2.75, 3.05) is 25.0 Å². The van der Waals surface area contributed by atoms with Gasteiger partial charge in [0, 0.05) is 38.6 Å². The molecular weight excluding hydrogens is 479 g/mol. The van der Waals surface area contributed by atoms with Crippen molar-refractivity contribution in [1.82, 2.24) is 10.2 Å². The van der Waals surface area contributed by atoms with Crippen molar-refractivity contribution >= 4 is 11.6 Å². The number of likely N-dealkylation sites (N-methyl/N-ethyl adjacent to an activating group) is 1. The summed E-state index contributed by atoms with van der Waals surface area (Å²) < 4.78 is 41.1. The number of amides is 1. The van der Waals surface area contributed by atoms with E-state index < -0.39 is 6.36 Å². The average molecular weight is 516 g/mol. The molecule has 2 aromatic rings. The van der Waals surface area contributed by atoms with Crippen LogP contribution in [0.3, 0.4) is 0 Å². The van der Waals surface area contributed by atoms with Gasteiger partial charge in [-0.15, -0.1) is 13.2 Å². The van der Waals surface area contributed by atoms with E-state index in [4.69, 9.17) is 0 Å². The molecule has 1 aliphatic rings. The largest absolute Gasteiger partial charge is 0.573 e. The van der Waals surface area contributed by atoms with Crippen molar-refractivity contribution in [1.29, 1.82) is 0 Å². The Morgan fingerprint density at radius 3 is 2.24 bits per heavy atom. The Bertz CT molecular complexity index is 1080. The zero-order valence-electron chi connectivity index (χ0n) is 21.9. The summed E-state index contributed by atoms with van der Waals surface area (Å²) in [5.41, 5.74) is 4.93. The minimum Gasteiger partial charge on any atom is -0.406 e. The lowest BCUT2D eigenvalue weighted by Crippen LogP contribution is -2.33. The van der Waals surface area contributed by atoms with E-state index in [9.17, 15) is 18.0 Å². The maximum Gasteiger partial charge on any atom is 0.573 e. The first-order valence-corrected chi connectivity index (χ1v) is 12.6. The summed E-state index contributed by atoms with van der Waals surface area (Å²) >= 11 is 0. The molecule has 200 valence electrons. The molecule has 5 nitrogen and oxygen atoms in total. The fraction of sp³-hybridized carbons (Fsp3) is 0.414. The van der Waals surface area contributed by atoms with Gasteiger partial charge in [0.05, 0.1) is 0 Å². The summed E-state index contributed by atoms with van der Waals surface area (Å²) in [5, 5.41) is 3.01. The molecule has 0 radical (unpaired) electrons. The highest BCUT2D eigenvalue weighted by Gasteiger charge is 2.31. The molecule has 0 aromatic heterocycles. The highest BCUT2D eigenvalue weighted by atomic mass is 19.4. The molecule has 0 spiro atoms. The van der Waals surface area contributed by atoms with Crippen LogP contribution in [-0.2, 0) is 11.3 Å². The number of hydrogen-bond acceptors (Lipinski definition) is 4. The maximum atomic E-state index is 12.8. The van der Waals surface area contributed by atoms with E-state index in [0.717, 1.165) is 54.7 Å². The van der Waals surface area contributed by atoms with Gasteiger partial charge in [-0.2, -0.15) is 0 Å². The van der Waals surface area contributed by atoms with Crippen LogP contribution in [0.4, 0.5) is 18.9 Å². The van der Waals surface area contributed by atoms with Crippen molar-refractivity contribution in [2.45, 2.75) is 58.9 Å². The van der Waals surface area contributed by atoms with E-state index in [1.165, 1.54) is 12.1 Å². The van der Waals surface area contributed by atoms with Crippen molar-refractivity contribution < 1.29 is 22.7 Å². The van der Waals surface area contributed by atoms with Crippen LogP contribution in [0.15, 0.2) is 72.1 Å². The second-order valence-corrected chi connectivity index (χ2v) is 9.54. The van der Waals surface area contributed by atoms with Crippen LogP contribution in [0, 0.1) is 0 Å². The first-order chi connectivity index (χ1) is 17.6. The molecule has 1 N–H and O–H groups in total. The predicted molar refractivity (Wildman–Crippen MR) is 141 cm³/mol. The van der Waals surface area contributed by atoms with Crippen LogP contribution in [-0.4, -0.2) is 37.3 Å². The topological polar surface area (TPSA) is 44.8 Å². The Hall–Kier alpha value is -3.42. The zero-order chi connectivity index (χ0) is 27.0. The number of nitrogens with one attached hydrogen (secondary N) is 1. The zero-order valence-corrected chi connectivity index (χ0v) is 21.9. The number of hydrogen-bond donors (Lipinski definition) is 1. The summed E-state index contributed by atoms with van der Waals surface area (Å²) in [6, 6.07) is 14.4. The minimum atomic E-state index is -4.68. The lowest BCUT2D eigenvalue weighted by molar-refractivity contribution is -0.274. The van der Waals surface area contributed by atoms with Crippen molar-refractivity contribution in [3.63, 3.8) is 0 Å². The number of alkyl halides is 3. The van der Waals surface area contributed by atoms with Gasteiger partial charge in [-0.3, -0.25) is 4.79 Å². The molecule has 3 rings (SSSR count). The molecule has 1 amide bonds. The smallest absolute Gasteiger partial charge is 0.406 e. The Kier molecular flexibility index (Phi) is 9.66. The van der Waals surface area contributed by atoms with Gasteiger partial charge < -0.3 is 19.9 Å². The second kappa shape index (κ2) is 12.7. The van der Waals surface area contributed by atoms with E-state index in [-0.39, 0.29) is 11.7 Å². The first kappa shape index (κ1) is 28.2. The van der Waals surface area contributed by atoms with Gasteiger partial charge in [-0.05, 0) is 74.4 Å². The highest BCUT2D eigenvalue weighted by Crippen LogP contribution is 2.32. The number of carbonyl (C=O) groups excluding carboxylic acids is 1. The number of nitrogens with zero attached hydrogens (tertiary/aromatic N) is 2. The van der Waals surface area contributed by atoms with Crippen LogP contribution >= 0.6 is 0 Å². The van der Waals surface area contributed by atoms with Crippen LogP contribution in [0.5, 0.6) is 5.75 Å². The van der Waals surface area contributed by atoms with E-state index in [0.29, 0.717) is 18.2 Å². The van der Waals surface area contributed by atoms with Crippen LogP contribution < -0.4 is 15.0 Å². The molecule has 0 unspecified atom stereocenters. The van der Waals surface area contributed by atoms with Gasteiger partial charge >= 0.3 is 6.36 Å². The molecule has 0 aliphatic carbocycles. The van der Waals surface area contributed by atoms with Gasteiger partial charge in [-0.1, -0.05) is 42.8 Å². The molecule has 0 saturated carbocycles. The van der Waals surface area contributed by atoms with Crippen LogP contribution in [0.25, 0.3) is 0 Å². The summed E-state index contributed by atoms with van der Waals surface area (Å²) in [7, 11) is 1.88. The SMILES string of the molecule is CC/C=C(\C(=O)NCc1ccc(N2CCC(c3ccc(OC(F)(F)F)cc3)CC2)cc1)N(C)C=C(C)C. The Balaban J connectivity index is 1.51. The normalized spacial score (nSPS) is 14.8. The third-order valence-corrected chi connectivity index (χ3v) is 6.30. The van der Waals surface area contributed by atoms with E-state index >= 15 is 0 Å². The summed E-state index contributed by atoms with van der Waals surface area (Å²) in [4.78, 5) is 16.9. The minimum absolute atomic E-state index is 0.106. The number of benzene rings is 2. The fourth-order valence-corrected chi connectivity index (χ4v) is 4.56. The Morgan fingerprint density at radius 1 is 1.08 bits per heavy atom.